The van der Waals surface area contributed by atoms with E-state index < -0.39 is 0 Å². The molecule has 0 spiro atoms. The van der Waals surface area contributed by atoms with Gasteiger partial charge in [0.25, 0.3) is 5.91 Å². The molecule has 0 atom stereocenters. The zero-order chi connectivity index (χ0) is 21.7. The molecular formula is C25H27N3O2. The molecule has 30 heavy (non-hydrogen) atoms. The van der Waals surface area contributed by atoms with Gasteiger partial charge < -0.3 is 15.5 Å². The third-order valence-electron chi connectivity index (χ3n) is 4.94. The quantitative estimate of drug-likeness (QED) is 0.615. The molecule has 5 heteroatoms. The van der Waals surface area contributed by atoms with E-state index in [4.69, 9.17) is 0 Å². The van der Waals surface area contributed by atoms with Crippen molar-refractivity contribution in [3.05, 3.63) is 89.0 Å². The van der Waals surface area contributed by atoms with E-state index in [0.29, 0.717) is 11.3 Å². The number of anilines is 3. The van der Waals surface area contributed by atoms with Gasteiger partial charge in [0.2, 0.25) is 5.91 Å². The maximum atomic E-state index is 12.8. The fourth-order valence-electron chi connectivity index (χ4n) is 3.53. The van der Waals surface area contributed by atoms with Crippen molar-refractivity contribution in [3.8, 4) is 0 Å². The van der Waals surface area contributed by atoms with Crippen molar-refractivity contribution in [3.63, 3.8) is 0 Å². The molecule has 0 unspecified atom stereocenters. The molecule has 0 aromatic heterocycles. The van der Waals surface area contributed by atoms with Gasteiger partial charge in [0.15, 0.2) is 0 Å². The van der Waals surface area contributed by atoms with Crippen LogP contribution in [0.5, 0.6) is 0 Å². The standard InChI is InChI=1S/C25H27N3O2/c1-17-13-18(2)24(19(3)14-17)26-16-23(29)27-21-10-8-9-20(15-21)25(30)28(4)22-11-6-5-7-12-22/h5-15,26H,16H2,1-4H3,(H,27,29). The Bertz CT molecular complexity index is 1040. The van der Waals surface area contributed by atoms with Gasteiger partial charge in [-0.15, -0.1) is 0 Å². The Labute approximate surface area is 177 Å². The summed E-state index contributed by atoms with van der Waals surface area (Å²) in [5, 5.41) is 6.08. The Balaban J connectivity index is 1.65. The summed E-state index contributed by atoms with van der Waals surface area (Å²) in [5.74, 6) is -0.309. The number of aryl methyl sites for hydroxylation is 3. The summed E-state index contributed by atoms with van der Waals surface area (Å²) < 4.78 is 0. The minimum Gasteiger partial charge on any atom is -0.376 e. The fraction of sp³-hybridized carbons (Fsp3) is 0.200. The average Bonchev–Trinajstić information content (AvgIpc) is 2.72. The topological polar surface area (TPSA) is 61.4 Å². The number of nitrogens with zero attached hydrogens (tertiary/aromatic N) is 1. The molecule has 0 saturated carbocycles. The number of hydrogen-bond acceptors (Lipinski definition) is 3. The largest absolute Gasteiger partial charge is 0.376 e. The lowest BCUT2D eigenvalue weighted by Gasteiger charge is -2.18. The van der Waals surface area contributed by atoms with Crippen molar-refractivity contribution < 1.29 is 9.59 Å². The molecule has 2 amide bonds. The molecule has 3 aromatic carbocycles. The Kier molecular flexibility index (Phi) is 6.52. The monoisotopic (exact) mass is 401 g/mol. The molecule has 0 bridgehead atoms. The lowest BCUT2D eigenvalue weighted by molar-refractivity contribution is -0.114. The minimum atomic E-state index is -0.171. The van der Waals surface area contributed by atoms with Gasteiger partial charge in [0.05, 0.1) is 6.54 Å². The van der Waals surface area contributed by atoms with Crippen LogP contribution in [0, 0.1) is 20.8 Å². The van der Waals surface area contributed by atoms with Gasteiger partial charge in [-0.2, -0.15) is 0 Å². The smallest absolute Gasteiger partial charge is 0.258 e. The summed E-state index contributed by atoms with van der Waals surface area (Å²) in [4.78, 5) is 26.8. The van der Waals surface area contributed by atoms with Gasteiger partial charge >= 0.3 is 0 Å². The molecule has 3 aromatic rings. The first-order valence-electron chi connectivity index (χ1n) is 9.90. The first-order valence-corrected chi connectivity index (χ1v) is 9.90. The Morgan fingerprint density at radius 2 is 1.53 bits per heavy atom. The summed E-state index contributed by atoms with van der Waals surface area (Å²) >= 11 is 0. The molecular weight excluding hydrogens is 374 g/mol. The molecule has 0 radical (unpaired) electrons. The molecule has 154 valence electrons. The van der Waals surface area contributed by atoms with Gasteiger partial charge in [-0.05, 0) is 62.2 Å². The Morgan fingerprint density at radius 3 is 2.20 bits per heavy atom. The van der Waals surface area contributed by atoms with E-state index in [1.807, 2.05) is 44.2 Å². The molecule has 2 N–H and O–H groups in total. The van der Waals surface area contributed by atoms with E-state index in [-0.39, 0.29) is 18.4 Å². The average molecular weight is 402 g/mol. The van der Waals surface area contributed by atoms with Crippen molar-refractivity contribution >= 4 is 28.9 Å². The number of carbonyl (C=O) groups excluding carboxylic acids is 2. The second kappa shape index (κ2) is 9.27. The Morgan fingerprint density at radius 1 is 0.867 bits per heavy atom. The van der Waals surface area contributed by atoms with Crippen LogP contribution in [-0.4, -0.2) is 25.4 Å². The second-order valence-electron chi connectivity index (χ2n) is 7.46. The molecule has 5 nitrogen and oxygen atoms in total. The first-order chi connectivity index (χ1) is 14.3. The molecule has 0 aliphatic carbocycles. The summed E-state index contributed by atoms with van der Waals surface area (Å²) in [6, 6.07) is 20.6. The van der Waals surface area contributed by atoms with E-state index >= 15 is 0 Å². The van der Waals surface area contributed by atoms with Gasteiger partial charge in [0, 0.05) is 29.7 Å². The van der Waals surface area contributed by atoms with E-state index in [1.165, 1.54) is 5.56 Å². The van der Waals surface area contributed by atoms with Gasteiger partial charge in [0.1, 0.15) is 0 Å². The van der Waals surface area contributed by atoms with Crippen LogP contribution in [-0.2, 0) is 4.79 Å². The zero-order valence-corrected chi connectivity index (χ0v) is 17.8. The molecule has 0 fully saturated rings. The number of nitrogens with one attached hydrogen (secondary N) is 2. The number of carbonyl (C=O) groups is 2. The van der Waals surface area contributed by atoms with Gasteiger partial charge in [-0.1, -0.05) is 42.0 Å². The van der Waals surface area contributed by atoms with Gasteiger partial charge in [-0.3, -0.25) is 9.59 Å². The van der Waals surface area contributed by atoms with Crippen molar-refractivity contribution in [2.45, 2.75) is 20.8 Å². The van der Waals surface area contributed by atoms with E-state index in [9.17, 15) is 9.59 Å². The third-order valence-corrected chi connectivity index (χ3v) is 4.94. The predicted molar refractivity (Wildman–Crippen MR) is 123 cm³/mol. The van der Waals surface area contributed by atoms with Crippen LogP contribution in [0.3, 0.4) is 0 Å². The number of para-hydroxylation sites is 1. The van der Waals surface area contributed by atoms with Crippen molar-refractivity contribution in [2.24, 2.45) is 0 Å². The van der Waals surface area contributed by atoms with Crippen LogP contribution in [0.4, 0.5) is 17.1 Å². The predicted octanol–water partition coefficient (Wildman–Crippen LogP) is 4.94. The SMILES string of the molecule is Cc1cc(C)c(NCC(=O)Nc2cccc(C(=O)N(C)c3ccccc3)c2)c(C)c1. The van der Waals surface area contributed by atoms with Crippen LogP contribution in [0.1, 0.15) is 27.0 Å². The highest BCUT2D eigenvalue weighted by Crippen LogP contribution is 2.22. The minimum absolute atomic E-state index is 0.138. The normalized spacial score (nSPS) is 10.4. The lowest BCUT2D eigenvalue weighted by atomic mass is 10.1. The number of benzene rings is 3. The number of amides is 2. The summed E-state index contributed by atoms with van der Waals surface area (Å²) in [6.45, 7) is 6.25. The molecule has 0 heterocycles. The summed E-state index contributed by atoms with van der Waals surface area (Å²) in [7, 11) is 1.74. The highest BCUT2D eigenvalue weighted by Gasteiger charge is 2.14. The van der Waals surface area contributed by atoms with Crippen LogP contribution in [0.2, 0.25) is 0 Å². The van der Waals surface area contributed by atoms with E-state index in [2.05, 4.69) is 29.7 Å². The van der Waals surface area contributed by atoms with Crippen LogP contribution in [0.15, 0.2) is 66.7 Å². The highest BCUT2D eigenvalue weighted by molar-refractivity contribution is 6.06. The van der Waals surface area contributed by atoms with Crippen LogP contribution in [0.25, 0.3) is 0 Å². The van der Waals surface area contributed by atoms with Crippen molar-refractivity contribution in [2.75, 3.05) is 29.1 Å². The third kappa shape index (κ3) is 5.06. The second-order valence-corrected chi connectivity index (χ2v) is 7.46. The van der Waals surface area contributed by atoms with Crippen LogP contribution < -0.4 is 15.5 Å². The molecule has 0 aliphatic heterocycles. The lowest BCUT2D eigenvalue weighted by Crippen LogP contribution is -2.26. The van der Waals surface area contributed by atoms with Crippen molar-refractivity contribution in [1.29, 1.82) is 0 Å². The number of rotatable bonds is 6. The maximum Gasteiger partial charge on any atom is 0.258 e. The Hall–Kier alpha value is -3.60. The summed E-state index contributed by atoms with van der Waals surface area (Å²) in [5.41, 5.74) is 6.30. The zero-order valence-electron chi connectivity index (χ0n) is 17.8. The maximum absolute atomic E-state index is 12.8. The van der Waals surface area contributed by atoms with E-state index in [0.717, 1.165) is 22.5 Å². The molecule has 0 aliphatic rings. The van der Waals surface area contributed by atoms with E-state index in [1.54, 1.807) is 36.2 Å². The van der Waals surface area contributed by atoms with Gasteiger partial charge in [-0.25, -0.2) is 0 Å². The number of hydrogen-bond donors (Lipinski definition) is 2. The molecule has 0 saturated heterocycles. The highest BCUT2D eigenvalue weighted by atomic mass is 16.2. The van der Waals surface area contributed by atoms with Crippen molar-refractivity contribution in [1.82, 2.24) is 0 Å². The van der Waals surface area contributed by atoms with Crippen LogP contribution >= 0.6 is 0 Å². The first kappa shape index (κ1) is 21.1. The summed E-state index contributed by atoms with van der Waals surface area (Å²) in [6.07, 6.45) is 0. The molecule has 3 rings (SSSR count). The fourth-order valence-corrected chi connectivity index (χ4v) is 3.53.